The number of nitrogens with zero attached hydrogens (tertiary/aromatic N) is 1. The molecule has 0 aliphatic rings. The number of carbonyl (C=O) groups is 1. The average Bonchev–Trinajstić information content (AvgIpc) is 2.35. The molecule has 0 radical (unpaired) electrons. The minimum atomic E-state index is -3.61. The molecule has 6 nitrogen and oxygen atoms in total. The molecule has 7 heteroatoms. The third kappa shape index (κ3) is 4.02. The average molecular weight is 286 g/mol. The SMILES string of the molecule is CON(C)C(=O)c1cccc(S(=O)(=O)NC(C)C)c1. The second-order valence-corrected chi connectivity index (χ2v) is 6.00. The van der Waals surface area contributed by atoms with E-state index < -0.39 is 15.9 Å². The lowest BCUT2D eigenvalue weighted by atomic mass is 10.2. The normalized spacial score (nSPS) is 11.6. The van der Waals surface area contributed by atoms with Crippen molar-refractivity contribution in [2.75, 3.05) is 14.2 Å². The summed E-state index contributed by atoms with van der Waals surface area (Å²) < 4.78 is 26.4. The lowest BCUT2D eigenvalue weighted by molar-refractivity contribution is -0.0757. The largest absolute Gasteiger partial charge is 0.277 e. The molecule has 0 bridgehead atoms. The van der Waals surface area contributed by atoms with Crippen molar-refractivity contribution in [3.8, 4) is 0 Å². The van der Waals surface area contributed by atoms with Crippen LogP contribution in [0.2, 0.25) is 0 Å². The number of carbonyl (C=O) groups excluding carboxylic acids is 1. The molecular formula is C12H18N2O4S. The van der Waals surface area contributed by atoms with Crippen LogP contribution in [0.15, 0.2) is 29.2 Å². The molecule has 0 spiro atoms. The summed E-state index contributed by atoms with van der Waals surface area (Å²) in [7, 11) is -0.795. The molecule has 0 aliphatic heterocycles. The van der Waals surface area contributed by atoms with E-state index in [1.54, 1.807) is 13.8 Å². The topological polar surface area (TPSA) is 75.7 Å². The van der Waals surface area contributed by atoms with Crippen LogP contribution in [0.5, 0.6) is 0 Å². The van der Waals surface area contributed by atoms with Crippen LogP contribution >= 0.6 is 0 Å². The summed E-state index contributed by atoms with van der Waals surface area (Å²) in [6.45, 7) is 3.45. The van der Waals surface area contributed by atoms with E-state index >= 15 is 0 Å². The Kier molecular flexibility index (Phi) is 5.04. The summed E-state index contributed by atoms with van der Waals surface area (Å²) >= 11 is 0. The van der Waals surface area contributed by atoms with Crippen molar-refractivity contribution in [2.45, 2.75) is 24.8 Å². The molecule has 1 N–H and O–H groups in total. The molecule has 0 aromatic heterocycles. The summed E-state index contributed by atoms with van der Waals surface area (Å²) in [5, 5.41) is 1.03. The molecule has 0 unspecified atom stereocenters. The van der Waals surface area contributed by atoms with E-state index in [1.807, 2.05) is 0 Å². The molecule has 1 rings (SSSR count). The fourth-order valence-corrected chi connectivity index (χ4v) is 2.74. The van der Waals surface area contributed by atoms with Crippen LogP contribution in [0.1, 0.15) is 24.2 Å². The monoisotopic (exact) mass is 286 g/mol. The molecule has 0 saturated heterocycles. The molecule has 0 saturated carbocycles. The minimum Gasteiger partial charge on any atom is -0.274 e. The second kappa shape index (κ2) is 6.14. The molecule has 1 aromatic rings. The number of amides is 1. The fraction of sp³-hybridized carbons (Fsp3) is 0.417. The molecular weight excluding hydrogens is 268 g/mol. The number of hydroxylamine groups is 2. The first-order valence-electron chi connectivity index (χ1n) is 5.72. The molecule has 0 heterocycles. The standard InChI is InChI=1S/C12H18N2O4S/c1-9(2)13-19(16,17)11-7-5-6-10(8-11)12(15)14(3)18-4/h5-9,13H,1-4H3. The van der Waals surface area contributed by atoms with Gasteiger partial charge in [0.05, 0.1) is 12.0 Å². The van der Waals surface area contributed by atoms with Gasteiger partial charge in [0.25, 0.3) is 5.91 Å². The van der Waals surface area contributed by atoms with Crippen molar-refractivity contribution in [3.63, 3.8) is 0 Å². The quantitative estimate of drug-likeness (QED) is 0.820. The minimum absolute atomic E-state index is 0.0524. The van der Waals surface area contributed by atoms with E-state index in [1.165, 1.54) is 38.4 Å². The Morgan fingerprint density at radius 2 is 2.00 bits per heavy atom. The van der Waals surface area contributed by atoms with Crippen molar-refractivity contribution < 1.29 is 18.0 Å². The lowest BCUT2D eigenvalue weighted by Crippen LogP contribution is -2.30. The van der Waals surface area contributed by atoms with Crippen LogP contribution in [-0.4, -0.2) is 39.6 Å². The summed E-state index contributed by atoms with van der Waals surface area (Å²) in [6, 6.07) is 5.60. The van der Waals surface area contributed by atoms with E-state index in [4.69, 9.17) is 4.84 Å². The van der Waals surface area contributed by atoms with Gasteiger partial charge in [0.15, 0.2) is 0 Å². The zero-order chi connectivity index (χ0) is 14.6. The Balaban J connectivity index is 3.11. The zero-order valence-electron chi connectivity index (χ0n) is 11.4. The van der Waals surface area contributed by atoms with Crippen LogP contribution in [0.3, 0.4) is 0 Å². The lowest BCUT2D eigenvalue weighted by Gasteiger charge is -2.14. The maximum absolute atomic E-state index is 12.0. The fourth-order valence-electron chi connectivity index (χ4n) is 1.44. The van der Waals surface area contributed by atoms with E-state index in [-0.39, 0.29) is 16.5 Å². The van der Waals surface area contributed by atoms with Crippen LogP contribution in [0.4, 0.5) is 0 Å². The smallest absolute Gasteiger partial charge is 0.274 e. The summed E-state index contributed by atoms with van der Waals surface area (Å²) in [5.41, 5.74) is 0.246. The molecule has 0 fully saturated rings. The Morgan fingerprint density at radius 3 is 2.53 bits per heavy atom. The Hall–Kier alpha value is -1.44. The maximum Gasteiger partial charge on any atom is 0.277 e. The van der Waals surface area contributed by atoms with Gasteiger partial charge in [-0.25, -0.2) is 18.2 Å². The number of hydrogen-bond acceptors (Lipinski definition) is 4. The van der Waals surface area contributed by atoms with Crippen LogP contribution in [0, 0.1) is 0 Å². The first-order valence-corrected chi connectivity index (χ1v) is 7.21. The van der Waals surface area contributed by atoms with Crippen molar-refractivity contribution in [1.82, 2.24) is 9.79 Å². The van der Waals surface area contributed by atoms with Gasteiger partial charge < -0.3 is 0 Å². The zero-order valence-corrected chi connectivity index (χ0v) is 12.2. The van der Waals surface area contributed by atoms with E-state index in [9.17, 15) is 13.2 Å². The predicted octanol–water partition coefficient (Wildman–Crippen LogP) is 1.01. The van der Waals surface area contributed by atoms with Gasteiger partial charge in [-0.15, -0.1) is 0 Å². The van der Waals surface area contributed by atoms with Crippen LogP contribution < -0.4 is 4.72 Å². The van der Waals surface area contributed by atoms with E-state index in [2.05, 4.69) is 4.72 Å². The highest BCUT2D eigenvalue weighted by atomic mass is 32.2. The van der Waals surface area contributed by atoms with E-state index in [0.29, 0.717) is 0 Å². The molecule has 0 atom stereocenters. The Bertz CT molecular complexity index is 555. The van der Waals surface area contributed by atoms with Gasteiger partial charge in [0.1, 0.15) is 0 Å². The molecule has 0 aliphatic carbocycles. The number of sulfonamides is 1. The number of benzene rings is 1. The summed E-state index contributed by atoms with van der Waals surface area (Å²) in [5.74, 6) is -0.413. The van der Waals surface area contributed by atoms with Gasteiger partial charge in [-0.2, -0.15) is 0 Å². The highest BCUT2D eigenvalue weighted by Gasteiger charge is 2.18. The highest BCUT2D eigenvalue weighted by Crippen LogP contribution is 2.13. The third-order valence-corrected chi connectivity index (χ3v) is 4.00. The van der Waals surface area contributed by atoms with Gasteiger partial charge in [-0.05, 0) is 32.0 Å². The Morgan fingerprint density at radius 1 is 1.37 bits per heavy atom. The first-order chi connectivity index (χ1) is 8.77. The van der Waals surface area contributed by atoms with Gasteiger partial charge in [0, 0.05) is 18.7 Å². The highest BCUT2D eigenvalue weighted by molar-refractivity contribution is 7.89. The van der Waals surface area contributed by atoms with E-state index in [0.717, 1.165) is 5.06 Å². The molecule has 1 aromatic carbocycles. The first kappa shape index (κ1) is 15.6. The van der Waals surface area contributed by atoms with Crippen molar-refractivity contribution in [2.24, 2.45) is 0 Å². The molecule has 106 valence electrons. The predicted molar refractivity (Wildman–Crippen MR) is 71.0 cm³/mol. The van der Waals surface area contributed by atoms with Crippen LogP contribution in [-0.2, 0) is 14.9 Å². The maximum atomic E-state index is 12.0. The van der Waals surface area contributed by atoms with Gasteiger partial charge >= 0.3 is 0 Å². The number of hydrogen-bond donors (Lipinski definition) is 1. The summed E-state index contributed by atoms with van der Waals surface area (Å²) in [6.07, 6.45) is 0. The van der Waals surface area contributed by atoms with Gasteiger partial charge in [0.2, 0.25) is 10.0 Å². The molecule has 19 heavy (non-hydrogen) atoms. The third-order valence-electron chi connectivity index (χ3n) is 2.34. The van der Waals surface area contributed by atoms with Gasteiger partial charge in [-0.3, -0.25) is 9.63 Å². The number of nitrogens with one attached hydrogen (secondary N) is 1. The summed E-state index contributed by atoms with van der Waals surface area (Å²) in [4.78, 5) is 16.7. The van der Waals surface area contributed by atoms with Crippen molar-refractivity contribution in [1.29, 1.82) is 0 Å². The Labute approximate surface area is 113 Å². The van der Waals surface area contributed by atoms with Crippen LogP contribution in [0.25, 0.3) is 0 Å². The van der Waals surface area contributed by atoms with Crippen molar-refractivity contribution >= 4 is 15.9 Å². The number of rotatable bonds is 5. The molecule has 1 amide bonds. The van der Waals surface area contributed by atoms with Gasteiger partial charge in [-0.1, -0.05) is 6.07 Å². The second-order valence-electron chi connectivity index (χ2n) is 4.29. The van der Waals surface area contributed by atoms with Crippen molar-refractivity contribution in [3.05, 3.63) is 29.8 Å².